The number of nitrogen functional groups attached to an aromatic ring is 1. The van der Waals surface area contributed by atoms with Gasteiger partial charge in [0.1, 0.15) is 0 Å². The van der Waals surface area contributed by atoms with E-state index in [1.54, 1.807) is 6.20 Å². The molecule has 2 aromatic rings. The summed E-state index contributed by atoms with van der Waals surface area (Å²) in [6, 6.07) is 8.58. The van der Waals surface area contributed by atoms with Gasteiger partial charge in [0.2, 0.25) is 0 Å². The van der Waals surface area contributed by atoms with E-state index >= 15 is 0 Å². The fourth-order valence-corrected chi connectivity index (χ4v) is 3.09. The summed E-state index contributed by atoms with van der Waals surface area (Å²) in [4.78, 5) is 6.79. The van der Waals surface area contributed by atoms with Crippen LogP contribution in [0.4, 0.5) is 11.4 Å². The van der Waals surface area contributed by atoms with Crippen LogP contribution in [0.25, 0.3) is 10.9 Å². The molecule has 2 unspecified atom stereocenters. The number of rotatable bonds is 2. The van der Waals surface area contributed by atoms with Gasteiger partial charge in [-0.05, 0) is 50.2 Å². The molecule has 2 heterocycles. The molecule has 4 nitrogen and oxygen atoms in total. The van der Waals surface area contributed by atoms with Crippen LogP contribution in [-0.4, -0.2) is 36.1 Å². The highest BCUT2D eigenvalue weighted by molar-refractivity contribution is 5.98. The average Bonchev–Trinajstić information content (AvgIpc) is 2.45. The lowest BCUT2D eigenvalue weighted by Crippen LogP contribution is -2.43. The van der Waals surface area contributed by atoms with Crippen LogP contribution in [0.2, 0.25) is 0 Å². The van der Waals surface area contributed by atoms with Crippen molar-refractivity contribution in [1.82, 2.24) is 9.88 Å². The second-order valence-electron chi connectivity index (χ2n) is 5.88. The molecule has 4 heteroatoms. The van der Waals surface area contributed by atoms with Gasteiger partial charge in [-0.3, -0.25) is 4.98 Å². The van der Waals surface area contributed by atoms with Gasteiger partial charge in [-0.15, -0.1) is 0 Å². The van der Waals surface area contributed by atoms with Gasteiger partial charge < -0.3 is 16.0 Å². The van der Waals surface area contributed by atoms with E-state index in [1.165, 1.54) is 6.42 Å². The van der Waals surface area contributed by atoms with Gasteiger partial charge in [-0.2, -0.15) is 0 Å². The first-order chi connectivity index (χ1) is 9.65. The standard InChI is InChI=1S/C16H22N4/c1-11-10-20(2)9-7-14(11)19-15-6-5-13(17)16-12(15)4-3-8-18-16/h3-6,8,11,14,19H,7,9-10,17H2,1-2H3. The Morgan fingerprint density at radius 2 is 2.20 bits per heavy atom. The Morgan fingerprint density at radius 3 is 3.00 bits per heavy atom. The molecule has 106 valence electrons. The molecule has 20 heavy (non-hydrogen) atoms. The molecule has 0 aliphatic carbocycles. The topological polar surface area (TPSA) is 54.2 Å². The zero-order valence-electron chi connectivity index (χ0n) is 12.1. The van der Waals surface area contributed by atoms with Crippen LogP contribution in [0.15, 0.2) is 30.5 Å². The number of aromatic nitrogens is 1. The minimum absolute atomic E-state index is 0.512. The SMILES string of the molecule is CC1CN(C)CCC1Nc1ccc(N)c2ncccc12. The highest BCUT2D eigenvalue weighted by atomic mass is 15.1. The number of nitrogens with two attached hydrogens (primary N) is 1. The summed E-state index contributed by atoms with van der Waals surface area (Å²) >= 11 is 0. The van der Waals surface area contributed by atoms with Gasteiger partial charge in [0.25, 0.3) is 0 Å². The first-order valence-corrected chi connectivity index (χ1v) is 7.23. The molecule has 1 saturated heterocycles. The Kier molecular flexibility index (Phi) is 3.49. The highest BCUT2D eigenvalue weighted by Crippen LogP contribution is 2.29. The number of fused-ring (bicyclic) bond motifs is 1. The number of hydrogen-bond donors (Lipinski definition) is 2. The van der Waals surface area contributed by atoms with Crippen molar-refractivity contribution in [3.63, 3.8) is 0 Å². The fraction of sp³-hybridized carbons (Fsp3) is 0.438. The molecule has 1 fully saturated rings. The van der Waals surface area contributed by atoms with E-state index in [0.717, 1.165) is 35.4 Å². The van der Waals surface area contributed by atoms with Gasteiger partial charge >= 0.3 is 0 Å². The van der Waals surface area contributed by atoms with Crippen LogP contribution in [0.5, 0.6) is 0 Å². The van der Waals surface area contributed by atoms with Crippen LogP contribution in [0, 0.1) is 5.92 Å². The normalized spacial score (nSPS) is 23.9. The van der Waals surface area contributed by atoms with Gasteiger partial charge in [0.05, 0.1) is 11.2 Å². The third-order valence-electron chi connectivity index (χ3n) is 4.25. The molecular formula is C16H22N4. The molecule has 0 radical (unpaired) electrons. The van der Waals surface area contributed by atoms with Crippen molar-refractivity contribution in [3.8, 4) is 0 Å². The van der Waals surface area contributed by atoms with Crippen molar-refractivity contribution < 1.29 is 0 Å². The molecule has 0 saturated carbocycles. The molecule has 1 aromatic carbocycles. The van der Waals surface area contributed by atoms with Crippen LogP contribution < -0.4 is 11.1 Å². The summed E-state index contributed by atoms with van der Waals surface area (Å²) in [5, 5.41) is 4.81. The smallest absolute Gasteiger partial charge is 0.0951 e. The van der Waals surface area contributed by atoms with E-state index in [1.807, 2.05) is 12.1 Å². The number of hydrogen-bond acceptors (Lipinski definition) is 4. The van der Waals surface area contributed by atoms with Crippen molar-refractivity contribution in [1.29, 1.82) is 0 Å². The van der Waals surface area contributed by atoms with Crippen LogP contribution in [0.3, 0.4) is 0 Å². The lowest BCUT2D eigenvalue weighted by Gasteiger charge is -2.36. The number of likely N-dealkylation sites (tertiary alicyclic amines) is 1. The van der Waals surface area contributed by atoms with Crippen LogP contribution in [-0.2, 0) is 0 Å². The Bertz CT molecular complexity index is 610. The van der Waals surface area contributed by atoms with Gasteiger partial charge in [0.15, 0.2) is 0 Å². The third kappa shape index (κ3) is 2.43. The van der Waals surface area contributed by atoms with Crippen LogP contribution in [0.1, 0.15) is 13.3 Å². The molecule has 0 spiro atoms. The fourth-order valence-electron chi connectivity index (χ4n) is 3.09. The number of piperidine rings is 1. The second kappa shape index (κ2) is 5.29. The van der Waals surface area contributed by atoms with Crippen molar-refractivity contribution in [3.05, 3.63) is 30.5 Å². The molecule has 1 aromatic heterocycles. The molecule has 1 aliphatic heterocycles. The number of benzene rings is 1. The molecule has 0 amide bonds. The molecule has 1 aliphatic rings. The molecule has 3 N–H and O–H groups in total. The second-order valence-corrected chi connectivity index (χ2v) is 5.88. The molecule has 3 rings (SSSR count). The van der Waals surface area contributed by atoms with Gasteiger partial charge in [-0.25, -0.2) is 0 Å². The number of pyridine rings is 1. The van der Waals surface area contributed by atoms with E-state index in [4.69, 9.17) is 5.73 Å². The van der Waals surface area contributed by atoms with E-state index < -0.39 is 0 Å². The van der Waals surface area contributed by atoms with Crippen LogP contribution >= 0.6 is 0 Å². The predicted molar refractivity (Wildman–Crippen MR) is 84.8 cm³/mol. The monoisotopic (exact) mass is 270 g/mol. The summed E-state index contributed by atoms with van der Waals surface area (Å²) in [5.41, 5.74) is 8.77. The summed E-state index contributed by atoms with van der Waals surface area (Å²) in [6.07, 6.45) is 2.96. The first kappa shape index (κ1) is 13.2. The Morgan fingerprint density at radius 1 is 1.35 bits per heavy atom. The zero-order chi connectivity index (χ0) is 14.1. The highest BCUT2D eigenvalue weighted by Gasteiger charge is 2.24. The largest absolute Gasteiger partial charge is 0.397 e. The minimum Gasteiger partial charge on any atom is -0.397 e. The molecule has 0 bridgehead atoms. The van der Waals surface area contributed by atoms with Crippen molar-refractivity contribution in [2.75, 3.05) is 31.2 Å². The summed E-state index contributed by atoms with van der Waals surface area (Å²) in [7, 11) is 2.19. The molecular weight excluding hydrogens is 248 g/mol. The van der Waals surface area contributed by atoms with Gasteiger partial charge in [-0.1, -0.05) is 6.92 Å². The van der Waals surface area contributed by atoms with Crippen molar-refractivity contribution in [2.45, 2.75) is 19.4 Å². The number of nitrogens with zero attached hydrogens (tertiary/aromatic N) is 2. The third-order valence-corrected chi connectivity index (χ3v) is 4.25. The average molecular weight is 270 g/mol. The van der Waals surface area contributed by atoms with Crippen molar-refractivity contribution in [2.24, 2.45) is 5.92 Å². The van der Waals surface area contributed by atoms with E-state index in [-0.39, 0.29) is 0 Å². The minimum atomic E-state index is 0.512. The maximum absolute atomic E-state index is 6.01. The van der Waals surface area contributed by atoms with E-state index in [9.17, 15) is 0 Å². The quantitative estimate of drug-likeness (QED) is 0.824. The predicted octanol–water partition coefficient (Wildman–Crippen LogP) is 2.57. The number of nitrogens with one attached hydrogen (secondary N) is 1. The Labute approximate surface area is 120 Å². The lowest BCUT2D eigenvalue weighted by molar-refractivity contribution is 0.206. The first-order valence-electron chi connectivity index (χ1n) is 7.23. The summed E-state index contributed by atoms with van der Waals surface area (Å²) < 4.78 is 0. The zero-order valence-corrected chi connectivity index (χ0v) is 12.1. The number of anilines is 2. The van der Waals surface area contributed by atoms with E-state index in [0.29, 0.717) is 12.0 Å². The van der Waals surface area contributed by atoms with Crippen molar-refractivity contribution >= 4 is 22.3 Å². The maximum atomic E-state index is 6.01. The van der Waals surface area contributed by atoms with E-state index in [2.05, 4.69) is 41.3 Å². The molecule has 2 atom stereocenters. The van der Waals surface area contributed by atoms with Gasteiger partial charge in [0, 0.05) is 29.9 Å². The summed E-state index contributed by atoms with van der Waals surface area (Å²) in [5.74, 6) is 0.637. The lowest BCUT2D eigenvalue weighted by atomic mass is 9.93. The maximum Gasteiger partial charge on any atom is 0.0951 e. The Hall–Kier alpha value is -1.81. The summed E-state index contributed by atoms with van der Waals surface area (Å²) in [6.45, 7) is 4.60. The Balaban J connectivity index is 1.90.